The quantitative estimate of drug-likeness (QED) is 0.584. The van der Waals surface area contributed by atoms with Gasteiger partial charge >= 0.3 is 12.0 Å². The number of ether oxygens (including phenoxy) is 1. The number of benzene rings is 1. The number of alkyl halides is 1. The molecule has 3 N–H and O–H groups in total. The van der Waals surface area contributed by atoms with Crippen molar-refractivity contribution in [3.63, 3.8) is 0 Å². The Balaban J connectivity index is 2.52. The molecule has 21 heavy (non-hydrogen) atoms. The van der Waals surface area contributed by atoms with Crippen molar-refractivity contribution < 1.29 is 19.4 Å². The van der Waals surface area contributed by atoms with Crippen LogP contribution >= 0.6 is 11.6 Å². The van der Waals surface area contributed by atoms with Crippen molar-refractivity contribution in [1.29, 1.82) is 0 Å². The van der Waals surface area contributed by atoms with E-state index in [1.54, 1.807) is 25.1 Å². The molecule has 0 bridgehead atoms. The Morgan fingerprint density at radius 3 is 2.76 bits per heavy atom. The van der Waals surface area contributed by atoms with Crippen LogP contribution in [0.1, 0.15) is 18.5 Å². The third-order valence-electron chi connectivity index (χ3n) is 3.03. The Morgan fingerprint density at radius 2 is 2.14 bits per heavy atom. The first kappa shape index (κ1) is 15.2. The summed E-state index contributed by atoms with van der Waals surface area (Å²) < 4.78 is 5.01. The van der Waals surface area contributed by atoms with E-state index in [0.29, 0.717) is 5.56 Å². The first-order chi connectivity index (χ1) is 10.1. The summed E-state index contributed by atoms with van der Waals surface area (Å²) in [5, 5.41) is 15.0. The number of amides is 2. The number of halogens is 1. The number of hydrogen-bond acceptors (Lipinski definition) is 4. The summed E-state index contributed by atoms with van der Waals surface area (Å²) in [5.74, 6) is -0.666. The predicted molar refractivity (Wildman–Crippen MR) is 76.9 cm³/mol. The summed E-state index contributed by atoms with van der Waals surface area (Å²) in [4.78, 5) is 23.9. The molecule has 1 aliphatic heterocycles. The molecule has 1 atom stereocenters. The first-order valence-electron chi connectivity index (χ1n) is 6.40. The second-order valence-electron chi connectivity index (χ2n) is 4.34. The zero-order valence-electron chi connectivity index (χ0n) is 11.4. The Kier molecular flexibility index (Phi) is 4.70. The van der Waals surface area contributed by atoms with Gasteiger partial charge in [-0.3, -0.25) is 0 Å². The van der Waals surface area contributed by atoms with Gasteiger partial charge in [-0.25, -0.2) is 9.59 Å². The molecule has 0 saturated carbocycles. The molecule has 0 fully saturated rings. The van der Waals surface area contributed by atoms with Crippen molar-refractivity contribution in [3.8, 4) is 5.75 Å². The molecule has 2 amide bonds. The highest BCUT2D eigenvalue weighted by molar-refractivity contribution is 6.20. The molecule has 1 unspecified atom stereocenters. The van der Waals surface area contributed by atoms with Gasteiger partial charge in [0.15, 0.2) is 0 Å². The fraction of sp³-hybridized carbons (Fsp3) is 0.286. The fourth-order valence-corrected chi connectivity index (χ4v) is 2.35. The van der Waals surface area contributed by atoms with E-state index < -0.39 is 18.0 Å². The van der Waals surface area contributed by atoms with E-state index in [0.717, 1.165) is 0 Å². The molecular formula is C14H15ClN2O4. The van der Waals surface area contributed by atoms with Crippen LogP contribution in [0.5, 0.6) is 5.75 Å². The van der Waals surface area contributed by atoms with Crippen LogP contribution in [0.3, 0.4) is 0 Å². The second-order valence-corrected chi connectivity index (χ2v) is 4.60. The van der Waals surface area contributed by atoms with Crippen molar-refractivity contribution in [3.05, 3.63) is 41.1 Å². The van der Waals surface area contributed by atoms with Crippen molar-refractivity contribution in [1.82, 2.24) is 10.6 Å². The third-order valence-corrected chi connectivity index (χ3v) is 3.30. The Labute approximate surface area is 126 Å². The van der Waals surface area contributed by atoms with Gasteiger partial charge in [0.05, 0.1) is 24.1 Å². The van der Waals surface area contributed by atoms with Gasteiger partial charge in [-0.15, -0.1) is 11.6 Å². The number of aromatic hydroxyl groups is 1. The van der Waals surface area contributed by atoms with Gasteiger partial charge in [-0.1, -0.05) is 18.2 Å². The molecule has 0 spiro atoms. The number of urea groups is 1. The molecule has 1 aromatic rings. The van der Waals surface area contributed by atoms with Crippen LogP contribution in [0, 0.1) is 0 Å². The number of allylic oxidation sites excluding steroid dienone is 1. The lowest BCUT2D eigenvalue weighted by atomic mass is 9.95. The van der Waals surface area contributed by atoms with Gasteiger partial charge in [0.2, 0.25) is 0 Å². The minimum Gasteiger partial charge on any atom is -0.508 e. The molecule has 2 rings (SSSR count). The summed E-state index contributed by atoms with van der Waals surface area (Å²) in [6, 6.07) is 5.15. The minimum atomic E-state index is -0.812. The van der Waals surface area contributed by atoms with Crippen LogP contribution in [0.2, 0.25) is 0 Å². The van der Waals surface area contributed by atoms with Crippen LogP contribution in [0.15, 0.2) is 35.5 Å². The maximum Gasteiger partial charge on any atom is 0.338 e. The summed E-state index contributed by atoms with van der Waals surface area (Å²) >= 11 is 5.81. The summed E-state index contributed by atoms with van der Waals surface area (Å²) in [5.41, 5.74) is 0.859. The Hall–Kier alpha value is -2.21. The van der Waals surface area contributed by atoms with E-state index >= 15 is 0 Å². The largest absolute Gasteiger partial charge is 0.508 e. The number of carbonyl (C=O) groups is 2. The highest BCUT2D eigenvalue weighted by Gasteiger charge is 2.34. The Bertz CT molecular complexity index is 600. The molecule has 7 heteroatoms. The van der Waals surface area contributed by atoms with Gasteiger partial charge < -0.3 is 20.5 Å². The number of hydrogen-bond donors (Lipinski definition) is 3. The summed E-state index contributed by atoms with van der Waals surface area (Å²) in [6.07, 6.45) is 0. The number of carbonyl (C=O) groups excluding carboxylic acids is 2. The number of rotatable bonds is 4. The molecule has 0 saturated heterocycles. The lowest BCUT2D eigenvalue weighted by Gasteiger charge is -2.29. The van der Waals surface area contributed by atoms with Crippen LogP contribution < -0.4 is 10.6 Å². The Morgan fingerprint density at radius 1 is 1.43 bits per heavy atom. The van der Waals surface area contributed by atoms with E-state index in [9.17, 15) is 14.7 Å². The second kappa shape index (κ2) is 6.49. The van der Waals surface area contributed by atoms with Gasteiger partial charge in [-0.05, 0) is 13.0 Å². The number of nitrogens with one attached hydrogen (secondary N) is 2. The van der Waals surface area contributed by atoms with E-state index in [1.807, 2.05) is 0 Å². The standard InChI is InChI=1S/C14H15ClN2O4/c1-2-21-13(19)11-9(7-15)16-14(20)17-12(11)8-5-3-4-6-10(8)18/h3-6,12,18H,2,7H2,1H3,(H2,16,17,20). The van der Waals surface area contributed by atoms with Crippen LogP contribution in [0.4, 0.5) is 4.79 Å². The predicted octanol–water partition coefficient (Wildman–Crippen LogP) is 1.80. The molecule has 112 valence electrons. The zero-order valence-corrected chi connectivity index (χ0v) is 12.1. The fourth-order valence-electron chi connectivity index (χ4n) is 2.14. The molecule has 6 nitrogen and oxygen atoms in total. The average molecular weight is 311 g/mol. The number of phenols is 1. The lowest BCUT2D eigenvalue weighted by molar-refractivity contribution is -0.139. The molecule has 0 aromatic heterocycles. The molecule has 0 aliphatic carbocycles. The van der Waals surface area contributed by atoms with E-state index in [4.69, 9.17) is 16.3 Å². The zero-order chi connectivity index (χ0) is 15.4. The monoisotopic (exact) mass is 310 g/mol. The van der Waals surface area contributed by atoms with Gasteiger partial charge in [0.1, 0.15) is 5.75 Å². The summed E-state index contributed by atoms with van der Waals surface area (Å²) in [7, 11) is 0. The van der Waals surface area contributed by atoms with Crippen LogP contribution in [0.25, 0.3) is 0 Å². The SMILES string of the molecule is CCOC(=O)C1=C(CCl)NC(=O)NC1c1ccccc1O. The topological polar surface area (TPSA) is 87.7 Å². The number of phenolic OH excluding ortho intramolecular Hbond substituents is 1. The maximum atomic E-state index is 12.2. The number of esters is 1. The summed E-state index contributed by atoms with van der Waals surface area (Å²) in [6.45, 7) is 1.88. The third kappa shape index (κ3) is 3.11. The highest BCUT2D eigenvalue weighted by atomic mass is 35.5. The smallest absolute Gasteiger partial charge is 0.338 e. The molecule has 1 aliphatic rings. The minimum absolute atomic E-state index is 0.0274. The molecule has 1 aromatic carbocycles. The average Bonchev–Trinajstić information content (AvgIpc) is 2.46. The normalized spacial score (nSPS) is 18.0. The number of para-hydroxylation sites is 1. The molecular weight excluding hydrogens is 296 g/mol. The van der Waals surface area contributed by atoms with E-state index in [1.165, 1.54) is 6.07 Å². The first-order valence-corrected chi connectivity index (χ1v) is 6.93. The van der Waals surface area contributed by atoms with E-state index in [-0.39, 0.29) is 29.5 Å². The van der Waals surface area contributed by atoms with Crippen molar-refractivity contribution >= 4 is 23.6 Å². The van der Waals surface area contributed by atoms with Gasteiger partial charge in [0, 0.05) is 11.3 Å². The van der Waals surface area contributed by atoms with Crippen molar-refractivity contribution in [2.45, 2.75) is 13.0 Å². The molecule has 0 radical (unpaired) electrons. The maximum absolute atomic E-state index is 12.2. The van der Waals surface area contributed by atoms with Crippen molar-refractivity contribution in [2.75, 3.05) is 12.5 Å². The van der Waals surface area contributed by atoms with Crippen molar-refractivity contribution in [2.24, 2.45) is 0 Å². The van der Waals surface area contributed by atoms with E-state index in [2.05, 4.69) is 10.6 Å². The highest BCUT2D eigenvalue weighted by Crippen LogP contribution is 2.33. The molecule has 1 heterocycles. The van der Waals surface area contributed by atoms with Crippen LogP contribution in [-0.4, -0.2) is 29.6 Å². The van der Waals surface area contributed by atoms with Gasteiger partial charge in [-0.2, -0.15) is 0 Å². The lowest BCUT2D eigenvalue weighted by Crippen LogP contribution is -2.46. The van der Waals surface area contributed by atoms with Crippen LogP contribution in [-0.2, 0) is 9.53 Å². The van der Waals surface area contributed by atoms with Gasteiger partial charge in [0.25, 0.3) is 0 Å².